The smallest absolute Gasteiger partial charge is 0.303 e. The Kier molecular flexibility index (Phi) is 9.09. The molecule has 1 amide bonds. The van der Waals surface area contributed by atoms with Crippen molar-refractivity contribution in [1.29, 1.82) is 0 Å². The fourth-order valence-corrected chi connectivity index (χ4v) is 7.97. The number of halogens is 3. The second kappa shape index (κ2) is 10.7. The summed E-state index contributed by atoms with van der Waals surface area (Å²) in [6.45, 7) is 19.0. The minimum absolute atomic E-state index is 0.148. The van der Waals surface area contributed by atoms with Crippen LogP contribution in [0.2, 0.25) is 39.3 Å². The van der Waals surface area contributed by atoms with E-state index in [0.717, 1.165) is 0 Å². The van der Waals surface area contributed by atoms with Gasteiger partial charge in [0.2, 0.25) is 0 Å². The van der Waals surface area contributed by atoms with Gasteiger partial charge >= 0.3 is 5.97 Å². The van der Waals surface area contributed by atoms with Gasteiger partial charge in [-0.3, -0.25) is 9.59 Å². The zero-order chi connectivity index (χ0) is 30.0. The van der Waals surface area contributed by atoms with Crippen molar-refractivity contribution in [3.63, 3.8) is 0 Å². The number of hydrogen-bond donors (Lipinski definition) is 1. The molecule has 2 heterocycles. The molecule has 8 atom stereocenters. The molecule has 0 aromatic carbocycles. The Morgan fingerprint density at radius 1 is 1.03 bits per heavy atom. The first-order chi connectivity index (χ1) is 17.5. The zero-order valence-electron chi connectivity index (χ0n) is 24.1. The Morgan fingerprint density at radius 2 is 1.56 bits per heavy atom. The highest BCUT2D eigenvalue weighted by molar-refractivity contribution is 6.76. The normalized spacial score (nSPS) is 36.9. The third-order valence-electron chi connectivity index (χ3n) is 6.93. The van der Waals surface area contributed by atoms with Crippen LogP contribution in [0, 0.1) is 18.3 Å². The molecule has 0 bridgehead atoms. The van der Waals surface area contributed by atoms with E-state index in [1.54, 1.807) is 13.8 Å². The molecule has 3 aliphatic rings. The topological polar surface area (TPSA) is 105 Å². The van der Waals surface area contributed by atoms with E-state index in [2.05, 4.69) is 11.2 Å². The molecule has 1 saturated carbocycles. The van der Waals surface area contributed by atoms with Crippen LogP contribution in [0.1, 0.15) is 27.7 Å². The molecule has 0 unspecified atom stereocenters. The fourth-order valence-electron chi connectivity index (χ4n) is 5.63. The molecule has 2 saturated heterocycles. The highest BCUT2D eigenvalue weighted by Gasteiger charge is 2.79. The average Bonchev–Trinajstić information content (AvgIpc) is 3.28. The molecule has 1 aliphatic carbocycles. The summed E-state index contributed by atoms with van der Waals surface area (Å²) in [6.07, 6.45) is 1.79. The molecule has 0 aromatic heterocycles. The highest BCUT2D eigenvalue weighted by atomic mass is 35.6. The van der Waals surface area contributed by atoms with Crippen molar-refractivity contribution in [2.45, 2.75) is 118 Å². The first-order valence-electron chi connectivity index (χ1n) is 12.8. The molecule has 1 N–H and O–H groups in total. The van der Waals surface area contributed by atoms with Gasteiger partial charge in [-0.1, -0.05) is 40.7 Å². The lowest BCUT2D eigenvalue weighted by molar-refractivity contribution is -0.184. The summed E-state index contributed by atoms with van der Waals surface area (Å²) in [5.41, 5.74) is -2.52. The molecule has 0 radical (unpaired) electrons. The third-order valence-corrected chi connectivity index (χ3v) is 9.36. The van der Waals surface area contributed by atoms with Gasteiger partial charge in [0.05, 0.1) is 18.8 Å². The van der Waals surface area contributed by atoms with Gasteiger partial charge in [-0.15, -0.1) is 6.42 Å². The summed E-state index contributed by atoms with van der Waals surface area (Å²) in [5.74, 6) is -0.738. The fraction of sp³-hybridized carbons (Fsp3) is 0.840. The summed E-state index contributed by atoms with van der Waals surface area (Å²) < 4.78 is 35.7. The molecule has 14 heteroatoms. The van der Waals surface area contributed by atoms with Gasteiger partial charge in [-0.25, -0.2) is 0 Å². The largest absolute Gasteiger partial charge is 0.447 e. The number of alkyl halides is 3. The Morgan fingerprint density at radius 3 is 1.97 bits per heavy atom. The van der Waals surface area contributed by atoms with Gasteiger partial charge in [0.25, 0.3) is 9.70 Å². The van der Waals surface area contributed by atoms with Crippen LogP contribution in [0.4, 0.5) is 0 Å². The van der Waals surface area contributed by atoms with Crippen molar-refractivity contribution >= 4 is 63.3 Å². The molecular formula is C25H40Cl3NO8Si2. The van der Waals surface area contributed by atoms with E-state index in [4.69, 9.17) is 69.0 Å². The lowest BCUT2D eigenvalue weighted by atomic mass is 9.61. The van der Waals surface area contributed by atoms with Crippen LogP contribution >= 0.6 is 34.8 Å². The number of carbonyl (C=O) groups excluding carboxylic acids is 2. The maximum Gasteiger partial charge on any atom is 0.303 e. The quantitative estimate of drug-likeness (QED) is 0.138. The van der Waals surface area contributed by atoms with E-state index in [9.17, 15) is 9.59 Å². The standard InChI is InChI=1S/C25H40Cl3NO8Si2/c1-12-16(33-14(2)30)24(29-21(31)25(26,27)28)17(15-13-32-22(3,4)34-15)18-23(5,35-18)19(36-38(6,7)8)20(24)37-39(9,10)11/h1,15-20H,13H2,2-11H3,(H,29,31)/t15-,16-,17+,18+,19+,20-,23+,24-/m1/s1. The molecule has 3 rings (SSSR count). The van der Waals surface area contributed by atoms with Gasteiger partial charge in [0.15, 0.2) is 28.5 Å². The van der Waals surface area contributed by atoms with Gasteiger partial charge in [0, 0.05) is 12.8 Å². The first-order valence-corrected chi connectivity index (χ1v) is 20.8. The zero-order valence-corrected chi connectivity index (χ0v) is 28.4. The Labute approximate surface area is 248 Å². The van der Waals surface area contributed by atoms with Gasteiger partial charge in [-0.2, -0.15) is 0 Å². The molecule has 9 nitrogen and oxygen atoms in total. The van der Waals surface area contributed by atoms with Crippen LogP contribution < -0.4 is 5.32 Å². The minimum Gasteiger partial charge on any atom is -0.447 e. The maximum atomic E-state index is 13.5. The first kappa shape index (κ1) is 33.1. The average molecular weight is 645 g/mol. The Balaban J connectivity index is 2.37. The second-order valence-electron chi connectivity index (χ2n) is 13.0. The SMILES string of the molecule is C#C[C@@H](OC(C)=O)[C@@]1(NC(=O)C(Cl)(Cl)Cl)[C@@H]([C@H]2COC(C)(C)O2)[C@@H]2O[C@]2(C)[C@@H](O[Si](C)(C)C)[C@H]1O[Si](C)(C)C. The number of amides is 1. The number of ether oxygens (including phenoxy) is 4. The van der Waals surface area contributed by atoms with Crippen molar-refractivity contribution < 1.29 is 37.4 Å². The molecule has 39 heavy (non-hydrogen) atoms. The predicted octanol–water partition coefficient (Wildman–Crippen LogP) is 4.16. The van der Waals surface area contributed by atoms with Crippen LogP contribution in [0.25, 0.3) is 0 Å². The number of esters is 1. The van der Waals surface area contributed by atoms with Crippen molar-refractivity contribution in [3.8, 4) is 12.3 Å². The molecule has 3 fully saturated rings. The third kappa shape index (κ3) is 6.99. The van der Waals surface area contributed by atoms with Crippen LogP contribution in [0.5, 0.6) is 0 Å². The number of epoxide rings is 1. The maximum absolute atomic E-state index is 13.5. The predicted molar refractivity (Wildman–Crippen MR) is 154 cm³/mol. The number of carbonyl (C=O) groups is 2. The molecule has 222 valence electrons. The lowest BCUT2D eigenvalue weighted by Crippen LogP contribution is -2.80. The number of rotatable bonds is 8. The minimum atomic E-state index is -2.44. The summed E-state index contributed by atoms with van der Waals surface area (Å²) in [6, 6.07) is 0. The van der Waals surface area contributed by atoms with Gasteiger partial charge in [0.1, 0.15) is 23.3 Å². The number of hydrogen-bond acceptors (Lipinski definition) is 8. The van der Waals surface area contributed by atoms with Crippen molar-refractivity contribution in [2.24, 2.45) is 5.92 Å². The van der Waals surface area contributed by atoms with Crippen molar-refractivity contribution in [3.05, 3.63) is 0 Å². The van der Waals surface area contributed by atoms with Crippen LogP contribution in [0.15, 0.2) is 0 Å². The molecular weight excluding hydrogens is 605 g/mol. The number of nitrogens with one attached hydrogen (secondary N) is 1. The van der Waals surface area contributed by atoms with E-state index in [1.165, 1.54) is 6.92 Å². The summed E-state index contributed by atoms with van der Waals surface area (Å²) in [5, 5.41) is 2.91. The van der Waals surface area contributed by atoms with E-state index in [1.807, 2.05) is 46.2 Å². The molecule has 0 aromatic rings. The number of fused-ring (bicyclic) bond motifs is 1. The number of terminal acetylenes is 1. The van der Waals surface area contributed by atoms with Crippen LogP contribution in [-0.4, -0.2) is 86.4 Å². The van der Waals surface area contributed by atoms with E-state index in [-0.39, 0.29) is 6.61 Å². The van der Waals surface area contributed by atoms with E-state index >= 15 is 0 Å². The van der Waals surface area contributed by atoms with Crippen LogP contribution in [0.3, 0.4) is 0 Å². The van der Waals surface area contributed by atoms with Gasteiger partial charge in [-0.05, 0) is 60.1 Å². The Bertz CT molecular complexity index is 1020. The Hall–Kier alpha value is -0.396. The highest BCUT2D eigenvalue weighted by Crippen LogP contribution is 2.60. The van der Waals surface area contributed by atoms with E-state index in [0.29, 0.717) is 0 Å². The summed E-state index contributed by atoms with van der Waals surface area (Å²) >= 11 is 18.3. The summed E-state index contributed by atoms with van der Waals surface area (Å²) in [4.78, 5) is 25.9. The lowest BCUT2D eigenvalue weighted by Gasteiger charge is -2.56. The van der Waals surface area contributed by atoms with Crippen molar-refractivity contribution in [1.82, 2.24) is 5.32 Å². The monoisotopic (exact) mass is 643 g/mol. The summed E-state index contributed by atoms with van der Waals surface area (Å²) in [7, 11) is -4.71. The second-order valence-corrected chi connectivity index (χ2v) is 24.2. The molecule has 0 spiro atoms. The molecule has 2 aliphatic heterocycles. The van der Waals surface area contributed by atoms with Crippen molar-refractivity contribution in [2.75, 3.05) is 6.61 Å². The van der Waals surface area contributed by atoms with Crippen LogP contribution in [-0.2, 0) is 37.4 Å². The van der Waals surface area contributed by atoms with E-state index < -0.39 is 85.7 Å². The van der Waals surface area contributed by atoms with Gasteiger partial charge < -0.3 is 33.1 Å².